The lowest BCUT2D eigenvalue weighted by atomic mass is 9.81. The third-order valence-electron chi connectivity index (χ3n) is 6.77. The number of halogens is 2. The number of carbonyl (C=O) groups is 1. The fraction of sp³-hybridized carbons (Fsp3) is 0.407. The van der Waals surface area contributed by atoms with Gasteiger partial charge in [0.15, 0.2) is 0 Å². The van der Waals surface area contributed by atoms with Crippen LogP contribution in [0.5, 0.6) is 5.75 Å². The molecule has 1 fully saturated rings. The van der Waals surface area contributed by atoms with Crippen molar-refractivity contribution in [1.29, 1.82) is 0 Å². The lowest BCUT2D eigenvalue weighted by molar-refractivity contribution is -0.146. The van der Waals surface area contributed by atoms with E-state index in [2.05, 4.69) is 9.88 Å². The van der Waals surface area contributed by atoms with E-state index in [4.69, 9.17) is 16.3 Å². The number of hydrogen-bond donors (Lipinski definition) is 1. The van der Waals surface area contributed by atoms with Gasteiger partial charge in [0, 0.05) is 35.3 Å². The molecule has 0 radical (unpaired) electrons. The lowest BCUT2D eigenvalue weighted by Gasteiger charge is -2.36. The topological polar surface area (TPSA) is 62.7 Å². The number of rotatable bonds is 10. The number of carboxylic acid groups (broad SMARTS) is 1. The Balaban J connectivity index is 1.34. The number of methoxy groups -OCH3 is 1. The SMILES string of the molecule is COc1ccc2nccc([C@H](F)CC[C@@H]3CCN(CCSc4ccccc4Cl)C[C@@H]3C(=O)O)c2c1. The largest absolute Gasteiger partial charge is 0.497 e. The Morgan fingerprint density at radius 3 is 2.91 bits per heavy atom. The molecule has 0 amide bonds. The maximum absolute atomic E-state index is 15.4. The highest BCUT2D eigenvalue weighted by molar-refractivity contribution is 7.99. The van der Waals surface area contributed by atoms with Crippen LogP contribution in [0.15, 0.2) is 59.6 Å². The molecule has 35 heavy (non-hydrogen) atoms. The molecule has 3 aromatic rings. The highest BCUT2D eigenvalue weighted by Crippen LogP contribution is 2.35. The summed E-state index contributed by atoms with van der Waals surface area (Å²) in [5, 5.41) is 11.4. The smallest absolute Gasteiger partial charge is 0.308 e. The molecule has 1 N–H and O–H groups in total. The third kappa shape index (κ3) is 6.46. The van der Waals surface area contributed by atoms with E-state index >= 15 is 4.39 Å². The van der Waals surface area contributed by atoms with Crippen LogP contribution in [0.2, 0.25) is 5.02 Å². The van der Waals surface area contributed by atoms with E-state index in [1.54, 1.807) is 31.1 Å². The number of carboxylic acids is 1. The first-order valence-electron chi connectivity index (χ1n) is 11.9. The Morgan fingerprint density at radius 2 is 2.14 bits per heavy atom. The van der Waals surface area contributed by atoms with E-state index in [0.29, 0.717) is 24.3 Å². The van der Waals surface area contributed by atoms with Gasteiger partial charge in [-0.1, -0.05) is 23.7 Å². The fourth-order valence-corrected chi connectivity index (χ4v) is 6.06. The minimum atomic E-state index is -1.19. The molecule has 8 heteroatoms. The molecular formula is C27H30ClFN2O3S. The minimum absolute atomic E-state index is 0.0409. The second kappa shape index (κ2) is 12.1. The van der Waals surface area contributed by atoms with Crippen molar-refractivity contribution in [3.05, 3.63) is 65.3 Å². The monoisotopic (exact) mass is 516 g/mol. The molecule has 0 spiro atoms. The summed E-state index contributed by atoms with van der Waals surface area (Å²) in [4.78, 5) is 19.6. The molecule has 3 atom stereocenters. The molecule has 0 aliphatic carbocycles. The average Bonchev–Trinajstić information content (AvgIpc) is 2.88. The van der Waals surface area contributed by atoms with Crippen molar-refractivity contribution in [3.63, 3.8) is 0 Å². The van der Waals surface area contributed by atoms with Crippen LogP contribution in [0.1, 0.15) is 31.0 Å². The number of aromatic nitrogens is 1. The number of piperidine rings is 1. The predicted molar refractivity (Wildman–Crippen MR) is 139 cm³/mol. The molecule has 1 aliphatic heterocycles. The first-order chi connectivity index (χ1) is 17.0. The van der Waals surface area contributed by atoms with E-state index in [9.17, 15) is 9.90 Å². The number of fused-ring (bicyclic) bond motifs is 1. The van der Waals surface area contributed by atoms with Gasteiger partial charge < -0.3 is 14.7 Å². The van der Waals surface area contributed by atoms with Crippen molar-refractivity contribution in [2.45, 2.75) is 30.3 Å². The van der Waals surface area contributed by atoms with Crippen LogP contribution in [-0.4, -0.2) is 53.5 Å². The van der Waals surface area contributed by atoms with Gasteiger partial charge in [-0.2, -0.15) is 0 Å². The number of alkyl halides is 1. The highest BCUT2D eigenvalue weighted by Gasteiger charge is 2.34. The summed E-state index contributed by atoms with van der Waals surface area (Å²) in [6, 6.07) is 14.9. The Bertz CT molecular complexity index is 1160. The van der Waals surface area contributed by atoms with Gasteiger partial charge >= 0.3 is 5.97 Å². The van der Waals surface area contributed by atoms with Crippen molar-refractivity contribution < 1.29 is 19.0 Å². The average molecular weight is 517 g/mol. The quantitative estimate of drug-likeness (QED) is 0.310. The van der Waals surface area contributed by atoms with Crippen molar-refractivity contribution in [3.8, 4) is 5.75 Å². The first kappa shape index (κ1) is 25.7. The summed E-state index contributed by atoms with van der Waals surface area (Å²) >= 11 is 7.91. The van der Waals surface area contributed by atoms with Gasteiger partial charge in [0.25, 0.3) is 0 Å². The second-order valence-electron chi connectivity index (χ2n) is 8.90. The van der Waals surface area contributed by atoms with E-state index in [1.165, 1.54) is 0 Å². The fourth-order valence-electron chi connectivity index (χ4n) is 4.81. The number of aliphatic carboxylic acids is 1. The molecule has 1 aliphatic rings. The van der Waals surface area contributed by atoms with Crippen LogP contribution in [0, 0.1) is 11.8 Å². The molecule has 0 saturated carbocycles. The van der Waals surface area contributed by atoms with Crippen LogP contribution in [0.4, 0.5) is 4.39 Å². The number of nitrogens with zero attached hydrogens (tertiary/aromatic N) is 2. The van der Waals surface area contributed by atoms with Gasteiger partial charge in [0.05, 0.1) is 23.6 Å². The van der Waals surface area contributed by atoms with Crippen LogP contribution in [0.25, 0.3) is 10.9 Å². The van der Waals surface area contributed by atoms with Gasteiger partial charge in [0.2, 0.25) is 0 Å². The predicted octanol–water partition coefficient (Wildman–Crippen LogP) is 6.50. The summed E-state index contributed by atoms with van der Waals surface area (Å²) in [5.41, 5.74) is 1.30. The van der Waals surface area contributed by atoms with Crippen LogP contribution in [-0.2, 0) is 4.79 Å². The summed E-state index contributed by atoms with van der Waals surface area (Å²) < 4.78 is 20.7. The Hall–Kier alpha value is -2.35. The van der Waals surface area contributed by atoms with Crippen molar-refractivity contribution in [1.82, 2.24) is 9.88 Å². The number of hydrogen-bond acceptors (Lipinski definition) is 5. The van der Waals surface area contributed by atoms with Crippen molar-refractivity contribution in [2.24, 2.45) is 11.8 Å². The first-order valence-corrected chi connectivity index (χ1v) is 13.2. The van der Waals surface area contributed by atoms with Gasteiger partial charge in [-0.3, -0.25) is 9.78 Å². The third-order valence-corrected chi connectivity index (χ3v) is 8.27. The molecular weight excluding hydrogens is 487 g/mol. The minimum Gasteiger partial charge on any atom is -0.497 e. The van der Waals surface area contributed by atoms with Crippen molar-refractivity contribution in [2.75, 3.05) is 32.5 Å². The van der Waals surface area contributed by atoms with Crippen molar-refractivity contribution >= 4 is 40.2 Å². The summed E-state index contributed by atoms with van der Waals surface area (Å²) in [5.74, 6) is 0.167. The number of thioether (sulfide) groups is 1. The van der Waals surface area contributed by atoms with E-state index in [0.717, 1.165) is 46.1 Å². The van der Waals surface area contributed by atoms with Gasteiger partial charge in [-0.05, 0) is 73.7 Å². The number of ether oxygens (including phenoxy) is 1. The van der Waals surface area contributed by atoms with Crippen LogP contribution < -0.4 is 4.74 Å². The molecule has 1 aromatic heterocycles. The molecule has 0 bridgehead atoms. The zero-order chi connectivity index (χ0) is 24.8. The maximum Gasteiger partial charge on any atom is 0.308 e. The molecule has 2 aromatic carbocycles. The number of benzene rings is 2. The summed E-state index contributed by atoms with van der Waals surface area (Å²) in [7, 11) is 1.58. The molecule has 2 heterocycles. The van der Waals surface area contributed by atoms with E-state index < -0.39 is 18.1 Å². The Morgan fingerprint density at radius 1 is 1.31 bits per heavy atom. The van der Waals surface area contributed by atoms with E-state index in [1.807, 2.05) is 42.5 Å². The Labute approximate surface area is 214 Å². The highest BCUT2D eigenvalue weighted by atomic mass is 35.5. The molecule has 1 saturated heterocycles. The van der Waals surface area contributed by atoms with E-state index in [-0.39, 0.29) is 12.3 Å². The zero-order valence-corrected chi connectivity index (χ0v) is 21.3. The van der Waals surface area contributed by atoms with Gasteiger partial charge in [-0.15, -0.1) is 11.8 Å². The zero-order valence-electron chi connectivity index (χ0n) is 19.7. The summed E-state index contributed by atoms with van der Waals surface area (Å²) in [6.45, 7) is 2.11. The molecule has 0 unspecified atom stereocenters. The van der Waals surface area contributed by atoms with Gasteiger partial charge in [-0.25, -0.2) is 4.39 Å². The molecule has 5 nitrogen and oxygen atoms in total. The lowest BCUT2D eigenvalue weighted by Crippen LogP contribution is -2.44. The standard InChI is InChI=1S/C27H30ClFN2O3S/c1-34-19-7-9-25-21(16-19)20(10-12-30-25)24(29)8-6-18-11-13-31(17-22(18)27(32)33)14-15-35-26-5-3-2-4-23(26)28/h2-5,7,9-10,12,16,18,22,24H,6,8,11,13-15,17H2,1H3,(H,32,33)/t18-,22+,24-/m1/s1. The maximum atomic E-state index is 15.4. The summed E-state index contributed by atoms with van der Waals surface area (Å²) in [6.07, 6.45) is 2.01. The van der Waals surface area contributed by atoms with Gasteiger partial charge in [0.1, 0.15) is 11.9 Å². The number of pyridine rings is 1. The second-order valence-corrected chi connectivity index (χ2v) is 10.4. The number of likely N-dealkylation sites (tertiary alicyclic amines) is 1. The van der Waals surface area contributed by atoms with Crippen LogP contribution >= 0.6 is 23.4 Å². The Kier molecular flexibility index (Phi) is 8.87. The molecule has 186 valence electrons. The normalized spacial score (nSPS) is 19.5. The molecule has 4 rings (SSSR count). The van der Waals surface area contributed by atoms with Crippen LogP contribution in [0.3, 0.4) is 0 Å².